The lowest BCUT2D eigenvalue weighted by atomic mass is 9.97. The van der Waals surface area contributed by atoms with Gasteiger partial charge in [-0.2, -0.15) is 4.31 Å². The number of hydrogen-bond acceptors (Lipinski definition) is 4. The van der Waals surface area contributed by atoms with Gasteiger partial charge in [-0.1, -0.05) is 30.3 Å². The summed E-state index contributed by atoms with van der Waals surface area (Å²) in [5.74, 6) is -0.126. The summed E-state index contributed by atoms with van der Waals surface area (Å²) in [5.41, 5.74) is 2.28. The van der Waals surface area contributed by atoms with Gasteiger partial charge in [-0.05, 0) is 56.6 Å². The third kappa shape index (κ3) is 5.51. The van der Waals surface area contributed by atoms with E-state index in [-0.39, 0.29) is 11.8 Å². The Morgan fingerprint density at radius 3 is 2.53 bits per heavy atom. The molecule has 3 aromatic rings. The first-order chi connectivity index (χ1) is 16.4. The van der Waals surface area contributed by atoms with Crippen molar-refractivity contribution in [2.45, 2.75) is 37.8 Å². The van der Waals surface area contributed by atoms with Gasteiger partial charge in [-0.15, -0.1) is 0 Å². The summed E-state index contributed by atoms with van der Waals surface area (Å²) in [6.45, 7) is 5.81. The summed E-state index contributed by atoms with van der Waals surface area (Å²) in [6, 6.07) is 17.5. The Morgan fingerprint density at radius 2 is 1.82 bits per heavy atom. The summed E-state index contributed by atoms with van der Waals surface area (Å²) >= 11 is 0. The van der Waals surface area contributed by atoms with Crippen LogP contribution >= 0.6 is 0 Å². The second-order valence-corrected chi connectivity index (χ2v) is 11.0. The predicted molar refractivity (Wildman–Crippen MR) is 135 cm³/mol. The predicted octanol–water partition coefficient (Wildman–Crippen LogP) is 3.31. The van der Waals surface area contributed by atoms with E-state index < -0.39 is 10.0 Å². The highest BCUT2D eigenvalue weighted by molar-refractivity contribution is 7.89. The van der Waals surface area contributed by atoms with Crippen molar-refractivity contribution in [3.05, 3.63) is 66.4 Å². The van der Waals surface area contributed by atoms with Crippen molar-refractivity contribution >= 4 is 26.8 Å². The summed E-state index contributed by atoms with van der Waals surface area (Å²) in [5, 5.41) is 3.96. The zero-order valence-corrected chi connectivity index (χ0v) is 20.8. The number of benzene rings is 2. The first-order valence-corrected chi connectivity index (χ1v) is 13.4. The third-order valence-corrected chi connectivity index (χ3v) is 8.53. The van der Waals surface area contributed by atoms with Gasteiger partial charge < -0.3 is 14.8 Å². The minimum atomic E-state index is -3.57. The number of carbonyl (C=O) groups excluding carboxylic acids is 1. The Hall–Kier alpha value is -2.68. The number of likely N-dealkylation sites (N-methyl/N-ethyl adjacent to an activating group) is 1. The molecule has 1 amide bonds. The quantitative estimate of drug-likeness (QED) is 0.508. The number of carbonyl (C=O) groups is 1. The molecule has 1 aromatic heterocycles. The number of aromatic nitrogens is 1. The van der Waals surface area contributed by atoms with Crippen LogP contribution in [0.15, 0.2) is 65.7 Å². The maximum Gasteiger partial charge on any atom is 0.243 e. The molecular formula is C26H34N4O3S. The first kappa shape index (κ1) is 24.4. The molecule has 182 valence electrons. The molecule has 1 N–H and O–H groups in total. The van der Waals surface area contributed by atoms with Gasteiger partial charge in [0.25, 0.3) is 0 Å². The van der Waals surface area contributed by atoms with Crippen LogP contribution in [0.5, 0.6) is 0 Å². The summed E-state index contributed by atoms with van der Waals surface area (Å²) in [4.78, 5) is 15.1. The maximum absolute atomic E-state index is 13.2. The number of sulfonamides is 1. The second kappa shape index (κ2) is 10.7. The molecule has 4 rings (SSSR count). The van der Waals surface area contributed by atoms with E-state index in [1.54, 1.807) is 12.1 Å². The lowest BCUT2D eigenvalue weighted by Gasteiger charge is -2.30. The largest absolute Gasteiger partial charge is 0.355 e. The van der Waals surface area contributed by atoms with E-state index in [2.05, 4.69) is 33.8 Å². The van der Waals surface area contributed by atoms with E-state index in [0.29, 0.717) is 37.4 Å². The Balaban J connectivity index is 1.26. The molecule has 34 heavy (non-hydrogen) atoms. The van der Waals surface area contributed by atoms with Gasteiger partial charge >= 0.3 is 0 Å². The smallest absolute Gasteiger partial charge is 0.243 e. The van der Waals surface area contributed by atoms with Crippen molar-refractivity contribution in [2.75, 3.05) is 33.2 Å². The Morgan fingerprint density at radius 1 is 1.09 bits per heavy atom. The van der Waals surface area contributed by atoms with E-state index in [1.165, 1.54) is 9.87 Å². The highest BCUT2D eigenvalue weighted by Crippen LogP contribution is 2.27. The number of amides is 1. The van der Waals surface area contributed by atoms with Crippen LogP contribution in [0.2, 0.25) is 0 Å². The minimum Gasteiger partial charge on any atom is -0.355 e. The van der Waals surface area contributed by atoms with Crippen LogP contribution < -0.4 is 5.32 Å². The molecule has 1 aliphatic heterocycles. The van der Waals surface area contributed by atoms with E-state index in [0.717, 1.165) is 30.5 Å². The van der Waals surface area contributed by atoms with Crippen LogP contribution in [0, 0.1) is 5.92 Å². The van der Waals surface area contributed by atoms with Crippen molar-refractivity contribution in [3.63, 3.8) is 0 Å². The number of rotatable bonds is 9. The lowest BCUT2D eigenvalue weighted by Crippen LogP contribution is -2.44. The minimum absolute atomic E-state index is 0.0208. The average Bonchev–Trinajstić information content (AvgIpc) is 3.27. The van der Waals surface area contributed by atoms with Crippen LogP contribution in [-0.4, -0.2) is 61.3 Å². The van der Waals surface area contributed by atoms with Crippen molar-refractivity contribution < 1.29 is 13.2 Å². The second-order valence-electron chi connectivity index (χ2n) is 9.02. The summed E-state index contributed by atoms with van der Waals surface area (Å²) in [6.07, 6.45) is 3.06. The van der Waals surface area contributed by atoms with Crippen molar-refractivity contribution in [1.82, 2.24) is 19.1 Å². The van der Waals surface area contributed by atoms with Crippen LogP contribution in [-0.2, 0) is 27.9 Å². The maximum atomic E-state index is 13.2. The Bertz CT molecular complexity index is 1220. The van der Waals surface area contributed by atoms with Gasteiger partial charge in [0, 0.05) is 62.3 Å². The molecule has 0 saturated carbocycles. The molecular weight excluding hydrogens is 448 g/mol. The van der Waals surface area contributed by atoms with E-state index in [9.17, 15) is 13.2 Å². The Labute approximate surface area is 202 Å². The lowest BCUT2D eigenvalue weighted by molar-refractivity contribution is -0.126. The van der Waals surface area contributed by atoms with Crippen LogP contribution in [0.4, 0.5) is 0 Å². The first-order valence-electron chi connectivity index (χ1n) is 12.0. The van der Waals surface area contributed by atoms with Gasteiger partial charge in [-0.3, -0.25) is 4.79 Å². The standard InChI is InChI=1S/C26H34N4O3S/c1-3-29-15-11-23-19-24(9-10-25(23)29)34(32,33)30-16-12-22(13-17-30)26(31)27-14-18-28(2)20-21-7-5-4-6-8-21/h4-11,15,19,22H,3,12-14,16-18,20H2,1-2H3,(H,27,31). The highest BCUT2D eigenvalue weighted by Gasteiger charge is 2.32. The normalized spacial score (nSPS) is 15.7. The van der Waals surface area contributed by atoms with Gasteiger partial charge in [0.2, 0.25) is 15.9 Å². The number of aryl methyl sites for hydroxylation is 1. The monoisotopic (exact) mass is 482 g/mol. The van der Waals surface area contributed by atoms with Gasteiger partial charge in [0.1, 0.15) is 0 Å². The molecule has 0 atom stereocenters. The van der Waals surface area contributed by atoms with Crippen molar-refractivity contribution in [1.29, 1.82) is 0 Å². The fourth-order valence-corrected chi connectivity index (χ4v) is 6.12. The van der Waals surface area contributed by atoms with Crippen molar-refractivity contribution in [2.24, 2.45) is 5.92 Å². The van der Waals surface area contributed by atoms with Gasteiger partial charge in [0.15, 0.2) is 0 Å². The molecule has 0 aliphatic carbocycles. The average molecular weight is 483 g/mol. The zero-order chi connectivity index (χ0) is 24.1. The molecule has 7 nitrogen and oxygen atoms in total. The van der Waals surface area contributed by atoms with Gasteiger partial charge in [-0.25, -0.2) is 8.42 Å². The number of piperidine rings is 1. The molecule has 8 heteroatoms. The molecule has 1 aliphatic rings. The molecule has 1 fully saturated rings. The Kier molecular flexibility index (Phi) is 7.70. The molecule has 2 aromatic carbocycles. The summed E-state index contributed by atoms with van der Waals surface area (Å²) < 4.78 is 30.0. The topological polar surface area (TPSA) is 74.6 Å². The van der Waals surface area contributed by atoms with E-state index >= 15 is 0 Å². The SMILES string of the molecule is CCn1ccc2cc(S(=O)(=O)N3CCC(C(=O)NCCN(C)Cc4ccccc4)CC3)ccc21. The van der Waals surface area contributed by atoms with Gasteiger partial charge in [0.05, 0.1) is 4.90 Å². The highest BCUT2D eigenvalue weighted by atomic mass is 32.2. The fourth-order valence-electron chi connectivity index (χ4n) is 4.61. The third-order valence-electron chi connectivity index (χ3n) is 6.63. The number of nitrogens with zero attached hydrogens (tertiary/aromatic N) is 3. The molecule has 1 saturated heterocycles. The van der Waals surface area contributed by atoms with E-state index in [4.69, 9.17) is 0 Å². The van der Waals surface area contributed by atoms with Crippen LogP contribution in [0.1, 0.15) is 25.3 Å². The van der Waals surface area contributed by atoms with Crippen LogP contribution in [0.25, 0.3) is 10.9 Å². The fraction of sp³-hybridized carbons (Fsp3) is 0.423. The molecule has 0 spiro atoms. The molecule has 0 radical (unpaired) electrons. The zero-order valence-electron chi connectivity index (χ0n) is 20.0. The van der Waals surface area contributed by atoms with E-state index in [1.807, 2.05) is 43.6 Å². The van der Waals surface area contributed by atoms with Crippen molar-refractivity contribution in [3.8, 4) is 0 Å². The number of hydrogen-bond donors (Lipinski definition) is 1. The molecule has 0 unspecified atom stereocenters. The molecule has 2 heterocycles. The number of nitrogens with one attached hydrogen (secondary N) is 1. The summed E-state index contributed by atoms with van der Waals surface area (Å²) in [7, 11) is -1.53. The molecule has 0 bridgehead atoms. The number of fused-ring (bicyclic) bond motifs is 1. The van der Waals surface area contributed by atoms with Crippen LogP contribution in [0.3, 0.4) is 0 Å².